The number of hydrogen-bond acceptors (Lipinski definition) is 2. The fraction of sp³-hybridized carbons (Fsp3) is 0.0667. The van der Waals surface area contributed by atoms with E-state index in [1.54, 1.807) is 11.3 Å². The summed E-state index contributed by atoms with van der Waals surface area (Å²) in [5, 5.41) is 2.62. The Morgan fingerprint density at radius 1 is 1.00 bits per heavy atom. The SMILES string of the molecule is Clc1cccc(OCc2cc3cccc(Cl)c3s2)c1. The van der Waals surface area contributed by atoms with Crippen molar-refractivity contribution in [3.8, 4) is 5.75 Å². The third-order valence-corrected chi connectivity index (χ3v) is 4.54. The molecule has 0 bridgehead atoms. The Hall–Kier alpha value is -1.22. The minimum Gasteiger partial charge on any atom is -0.488 e. The van der Waals surface area contributed by atoms with E-state index in [-0.39, 0.29) is 0 Å². The van der Waals surface area contributed by atoms with Crippen LogP contribution in [0.5, 0.6) is 5.75 Å². The van der Waals surface area contributed by atoms with E-state index in [9.17, 15) is 0 Å². The Bertz CT molecular complexity index is 721. The van der Waals surface area contributed by atoms with E-state index in [4.69, 9.17) is 27.9 Å². The van der Waals surface area contributed by atoms with Crippen LogP contribution in [0.15, 0.2) is 48.5 Å². The van der Waals surface area contributed by atoms with E-state index < -0.39 is 0 Å². The minimum absolute atomic E-state index is 0.524. The van der Waals surface area contributed by atoms with Gasteiger partial charge in [0.1, 0.15) is 12.4 Å². The van der Waals surface area contributed by atoms with Crippen molar-refractivity contribution < 1.29 is 4.74 Å². The minimum atomic E-state index is 0.524. The molecule has 0 aliphatic carbocycles. The van der Waals surface area contributed by atoms with Crippen molar-refractivity contribution in [2.24, 2.45) is 0 Å². The smallest absolute Gasteiger partial charge is 0.122 e. The molecule has 0 aliphatic heterocycles. The molecule has 0 fully saturated rings. The van der Waals surface area contributed by atoms with Crippen LogP contribution in [-0.2, 0) is 6.61 Å². The van der Waals surface area contributed by atoms with Gasteiger partial charge in [0.05, 0.1) is 9.72 Å². The molecule has 0 unspecified atom stereocenters. The number of fused-ring (bicyclic) bond motifs is 1. The van der Waals surface area contributed by atoms with Crippen LogP contribution >= 0.6 is 34.5 Å². The molecule has 2 aromatic carbocycles. The van der Waals surface area contributed by atoms with Gasteiger partial charge in [0, 0.05) is 9.90 Å². The second-order valence-corrected chi connectivity index (χ2v) is 6.10. The Morgan fingerprint density at radius 3 is 2.63 bits per heavy atom. The van der Waals surface area contributed by atoms with Crippen molar-refractivity contribution in [1.82, 2.24) is 0 Å². The zero-order valence-corrected chi connectivity index (χ0v) is 12.2. The van der Waals surface area contributed by atoms with Gasteiger partial charge in [0.25, 0.3) is 0 Å². The van der Waals surface area contributed by atoms with E-state index in [0.29, 0.717) is 11.6 Å². The Balaban J connectivity index is 1.80. The lowest BCUT2D eigenvalue weighted by Crippen LogP contribution is -1.92. The average Bonchev–Trinajstić information content (AvgIpc) is 2.81. The first-order chi connectivity index (χ1) is 9.22. The summed E-state index contributed by atoms with van der Waals surface area (Å²) >= 11 is 13.7. The van der Waals surface area contributed by atoms with Crippen molar-refractivity contribution in [3.05, 3.63) is 63.5 Å². The Morgan fingerprint density at radius 2 is 1.84 bits per heavy atom. The van der Waals surface area contributed by atoms with Gasteiger partial charge >= 0.3 is 0 Å². The van der Waals surface area contributed by atoms with Crippen molar-refractivity contribution in [3.63, 3.8) is 0 Å². The molecule has 1 aromatic heterocycles. The first-order valence-electron chi connectivity index (χ1n) is 5.78. The molecule has 96 valence electrons. The molecule has 3 aromatic rings. The maximum absolute atomic E-state index is 6.16. The second-order valence-electron chi connectivity index (χ2n) is 4.12. The van der Waals surface area contributed by atoms with Crippen LogP contribution in [0.1, 0.15) is 4.88 Å². The Labute approximate surface area is 125 Å². The lowest BCUT2D eigenvalue weighted by atomic mass is 10.2. The van der Waals surface area contributed by atoms with Gasteiger partial charge < -0.3 is 4.74 Å². The van der Waals surface area contributed by atoms with Crippen LogP contribution < -0.4 is 4.74 Å². The summed E-state index contributed by atoms with van der Waals surface area (Å²) in [4.78, 5) is 1.14. The molecule has 4 heteroatoms. The average molecular weight is 309 g/mol. The van der Waals surface area contributed by atoms with Gasteiger partial charge in [-0.2, -0.15) is 0 Å². The Kier molecular flexibility index (Phi) is 3.65. The predicted octanol–water partition coefficient (Wildman–Crippen LogP) is 5.79. The van der Waals surface area contributed by atoms with E-state index in [0.717, 1.165) is 25.7 Å². The fourth-order valence-electron chi connectivity index (χ4n) is 1.86. The molecule has 1 nitrogen and oxygen atoms in total. The van der Waals surface area contributed by atoms with Crippen LogP contribution in [0.4, 0.5) is 0 Å². The summed E-state index contributed by atoms with van der Waals surface area (Å²) in [7, 11) is 0. The van der Waals surface area contributed by atoms with Gasteiger partial charge in [-0.3, -0.25) is 0 Å². The summed E-state index contributed by atoms with van der Waals surface area (Å²) in [6.07, 6.45) is 0. The third kappa shape index (κ3) is 2.86. The van der Waals surface area contributed by atoms with E-state index >= 15 is 0 Å². The number of ether oxygens (including phenoxy) is 1. The molecule has 0 saturated heterocycles. The first kappa shape index (κ1) is 12.8. The highest BCUT2D eigenvalue weighted by Gasteiger charge is 2.05. The number of thiophene rings is 1. The molecule has 0 N–H and O–H groups in total. The third-order valence-electron chi connectivity index (χ3n) is 2.72. The molecular weight excluding hydrogens is 299 g/mol. The molecule has 19 heavy (non-hydrogen) atoms. The monoisotopic (exact) mass is 308 g/mol. The fourth-order valence-corrected chi connectivity index (χ4v) is 3.32. The first-order valence-corrected chi connectivity index (χ1v) is 7.35. The van der Waals surface area contributed by atoms with Crippen LogP contribution in [0.2, 0.25) is 10.0 Å². The molecule has 0 atom stereocenters. The number of halogens is 2. The summed E-state index contributed by atoms with van der Waals surface area (Å²) in [5.41, 5.74) is 0. The maximum Gasteiger partial charge on any atom is 0.122 e. The molecule has 3 rings (SSSR count). The molecule has 1 heterocycles. The zero-order valence-electron chi connectivity index (χ0n) is 9.90. The largest absolute Gasteiger partial charge is 0.488 e. The van der Waals surface area contributed by atoms with Gasteiger partial charge in [-0.05, 0) is 35.7 Å². The number of hydrogen-bond donors (Lipinski definition) is 0. The second kappa shape index (κ2) is 5.41. The zero-order chi connectivity index (χ0) is 13.2. The van der Waals surface area contributed by atoms with Gasteiger partial charge in [-0.1, -0.05) is 41.4 Å². The van der Waals surface area contributed by atoms with E-state index in [1.807, 2.05) is 36.4 Å². The van der Waals surface area contributed by atoms with Crippen LogP contribution in [-0.4, -0.2) is 0 Å². The van der Waals surface area contributed by atoms with Crippen molar-refractivity contribution in [1.29, 1.82) is 0 Å². The highest BCUT2D eigenvalue weighted by atomic mass is 35.5. The molecule has 0 amide bonds. The predicted molar refractivity (Wildman–Crippen MR) is 82.6 cm³/mol. The van der Waals surface area contributed by atoms with Crippen molar-refractivity contribution in [2.75, 3.05) is 0 Å². The topological polar surface area (TPSA) is 9.23 Å². The summed E-state index contributed by atoms with van der Waals surface area (Å²) in [6, 6.07) is 15.4. The van der Waals surface area contributed by atoms with Gasteiger partial charge in [-0.25, -0.2) is 0 Å². The lowest BCUT2D eigenvalue weighted by Gasteiger charge is -2.04. The van der Waals surface area contributed by atoms with Crippen molar-refractivity contribution >= 4 is 44.6 Å². The van der Waals surface area contributed by atoms with Gasteiger partial charge in [0.2, 0.25) is 0 Å². The standard InChI is InChI=1S/C15H10Cl2OS/c16-11-4-2-5-12(8-11)18-9-13-7-10-3-1-6-14(17)15(10)19-13/h1-8H,9H2. The highest BCUT2D eigenvalue weighted by molar-refractivity contribution is 7.19. The lowest BCUT2D eigenvalue weighted by molar-refractivity contribution is 0.310. The highest BCUT2D eigenvalue weighted by Crippen LogP contribution is 2.32. The van der Waals surface area contributed by atoms with E-state index in [1.165, 1.54) is 0 Å². The van der Waals surface area contributed by atoms with Crippen LogP contribution in [0.3, 0.4) is 0 Å². The molecule has 0 saturated carbocycles. The molecule has 0 aliphatic rings. The van der Waals surface area contributed by atoms with Gasteiger partial charge in [-0.15, -0.1) is 11.3 Å². The maximum atomic E-state index is 6.16. The quantitative estimate of drug-likeness (QED) is 0.595. The van der Waals surface area contributed by atoms with E-state index in [2.05, 4.69) is 12.1 Å². The molecular formula is C15H10Cl2OS. The summed E-state index contributed by atoms with van der Waals surface area (Å²) in [6.45, 7) is 0.524. The molecule has 0 spiro atoms. The van der Waals surface area contributed by atoms with Crippen LogP contribution in [0, 0.1) is 0 Å². The molecule has 0 radical (unpaired) electrons. The number of rotatable bonds is 3. The summed E-state index contributed by atoms with van der Waals surface area (Å²) in [5.74, 6) is 0.774. The number of benzene rings is 2. The summed E-state index contributed by atoms with van der Waals surface area (Å²) < 4.78 is 6.83. The van der Waals surface area contributed by atoms with Crippen LogP contribution in [0.25, 0.3) is 10.1 Å². The van der Waals surface area contributed by atoms with Gasteiger partial charge in [0.15, 0.2) is 0 Å². The normalized spacial score (nSPS) is 10.8. The van der Waals surface area contributed by atoms with Crippen molar-refractivity contribution in [2.45, 2.75) is 6.61 Å².